The van der Waals surface area contributed by atoms with Gasteiger partial charge in [-0.15, -0.1) is 6.58 Å². The number of hydrogen-bond acceptors (Lipinski definition) is 1. The van der Waals surface area contributed by atoms with Crippen LogP contribution >= 0.6 is 31.9 Å². The van der Waals surface area contributed by atoms with Gasteiger partial charge in [0.05, 0.1) is 0 Å². The molecule has 1 aromatic rings. The van der Waals surface area contributed by atoms with Crippen molar-refractivity contribution in [2.45, 2.75) is 19.4 Å². The standard InChI is InChI=1S/C11H13Br2N/c1-7(2)3-11(14)8-4-9(12)6-10(13)5-8/h4-6,11H,1,3,14H2,2H3/t11-/m1/s1. The Kier molecular flexibility index (Phi) is 4.35. The molecule has 0 aliphatic rings. The molecule has 0 radical (unpaired) electrons. The fourth-order valence-corrected chi connectivity index (χ4v) is 2.61. The molecule has 1 atom stereocenters. The van der Waals surface area contributed by atoms with Crippen molar-refractivity contribution >= 4 is 31.9 Å². The normalized spacial score (nSPS) is 12.6. The lowest BCUT2D eigenvalue weighted by atomic mass is 10.0. The summed E-state index contributed by atoms with van der Waals surface area (Å²) in [7, 11) is 0. The minimum absolute atomic E-state index is 0.0290. The first kappa shape index (κ1) is 12.0. The van der Waals surface area contributed by atoms with Gasteiger partial charge in [-0.1, -0.05) is 37.4 Å². The van der Waals surface area contributed by atoms with Gasteiger partial charge in [0, 0.05) is 15.0 Å². The molecule has 3 heteroatoms. The summed E-state index contributed by atoms with van der Waals surface area (Å²) in [6.07, 6.45) is 0.822. The van der Waals surface area contributed by atoms with Crippen molar-refractivity contribution < 1.29 is 0 Å². The van der Waals surface area contributed by atoms with E-state index in [0.717, 1.165) is 26.5 Å². The Hall–Kier alpha value is -0.120. The average molecular weight is 319 g/mol. The second-order valence-electron chi connectivity index (χ2n) is 3.47. The molecule has 0 amide bonds. The van der Waals surface area contributed by atoms with Crippen LogP contribution in [0.1, 0.15) is 24.9 Å². The molecule has 0 unspecified atom stereocenters. The van der Waals surface area contributed by atoms with E-state index in [1.807, 2.05) is 25.1 Å². The second kappa shape index (κ2) is 5.10. The SMILES string of the molecule is C=C(C)C[C@@H](N)c1cc(Br)cc(Br)c1. The van der Waals surface area contributed by atoms with Crippen LogP contribution in [0.3, 0.4) is 0 Å². The zero-order chi connectivity index (χ0) is 10.7. The maximum Gasteiger partial charge on any atom is 0.0333 e. The molecular weight excluding hydrogens is 306 g/mol. The molecule has 0 saturated heterocycles. The Morgan fingerprint density at radius 1 is 1.36 bits per heavy atom. The van der Waals surface area contributed by atoms with Crippen molar-refractivity contribution in [3.63, 3.8) is 0 Å². The van der Waals surface area contributed by atoms with E-state index in [2.05, 4.69) is 38.4 Å². The van der Waals surface area contributed by atoms with E-state index >= 15 is 0 Å². The quantitative estimate of drug-likeness (QED) is 0.831. The van der Waals surface area contributed by atoms with Gasteiger partial charge in [0.15, 0.2) is 0 Å². The lowest BCUT2D eigenvalue weighted by Gasteiger charge is -2.12. The minimum Gasteiger partial charge on any atom is -0.324 e. The van der Waals surface area contributed by atoms with Crippen LogP contribution in [-0.2, 0) is 0 Å². The van der Waals surface area contributed by atoms with Crippen molar-refractivity contribution in [3.05, 3.63) is 44.9 Å². The Morgan fingerprint density at radius 3 is 2.29 bits per heavy atom. The fourth-order valence-electron chi connectivity index (χ4n) is 1.28. The molecule has 0 aliphatic heterocycles. The first-order valence-corrected chi connectivity index (χ1v) is 5.93. The molecule has 0 spiro atoms. The van der Waals surface area contributed by atoms with Gasteiger partial charge < -0.3 is 5.73 Å². The molecule has 76 valence electrons. The van der Waals surface area contributed by atoms with Gasteiger partial charge in [-0.3, -0.25) is 0 Å². The lowest BCUT2D eigenvalue weighted by molar-refractivity contribution is 0.716. The van der Waals surface area contributed by atoms with Crippen molar-refractivity contribution in [2.75, 3.05) is 0 Å². The predicted octanol–water partition coefficient (Wildman–Crippen LogP) is 4.18. The lowest BCUT2D eigenvalue weighted by Crippen LogP contribution is -2.10. The molecule has 14 heavy (non-hydrogen) atoms. The van der Waals surface area contributed by atoms with Crippen LogP contribution in [0, 0.1) is 0 Å². The highest BCUT2D eigenvalue weighted by Crippen LogP contribution is 2.25. The van der Waals surface area contributed by atoms with E-state index in [4.69, 9.17) is 5.73 Å². The molecule has 2 N–H and O–H groups in total. The number of hydrogen-bond donors (Lipinski definition) is 1. The maximum atomic E-state index is 6.03. The Bertz CT molecular complexity index is 327. The van der Waals surface area contributed by atoms with Gasteiger partial charge in [-0.05, 0) is 37.1 Å². The summed E-state index contributed by atoms with van der Waals surface area (Å²) in [5.74, 6) is 0. The zero-order valence-corrected chi connectivity index (χ0v) is 11.2. The number of rotatable bonds is 3. The number of halogens is 2. The molecule has 0 bridgehead atoms. The van der Waals surface area contributed by atoms with Crippen LogP contribution in [0.2, 0.25) is 0 Å². The summed E-state index contributed by atoms with van der Waals surface area (Å²) in [6.45, 7) is 5.85. The van der Waals surface area contributed by atoms with Crippen molar-refractivity contribution in [1.82, 2.24) is 0 Å². The van der Waals surface area contributed by atoms with Crippen molar-refractivity contribution in [2.24, 2.45) is 5.73 Å². The molecule has 0 aliphatic carbocycles. The second-order valence-corrected chi connectivity index (χ2v) is 5.30. The largest absolute Gasteiger partial charge is 0.324 e. The molecule has 0 aromatic heterocycles. The van der Waals surface area contributed by atoms with Crippen LogP contribution in [0.25, 0.3) is 0 Å². The molecule has 0 saturated carbocycles. The topological polar surface area (TPSA) is 26.0 Å². The van der Waals surface area contributed by atoms with Crippen molar-refractivity contribution in [1.29, 1.82) is 0 Å². The van der Waals surface area contributed by atoms with E-state index < -0.39 is 0 Å². The van der Waals surface area contributed by atoms with E-state index in [0.29, 0.717) is 0 Å². The van der Waals surface area contributed by atoms with Crippen LogP contribution < -0.4 is 5.73 Å². The average Bonchev–Trinajstić information content (AvgIpc) is 2.00. The van der Waals surface area contributed by atoms with Gasteiger partial charge in [0.2, 0.25) is 0 Å². The van der Waals surface area contributed by atoms with Crippen LogP contribution in [0.4, 0.5) is 0 Å². The highest BCUT2D eigenvalue weighted by Gasteiger charge is 2.07. The smallest absolute Gasteiger partial charge is 0.0333 e. The predicted molar refractivity (Wildman–Crippen MR) is 68.2 cm³/mol. The molecular formula is C11H13Br2N. The first-order chi connectivity index (χ1) is 6.49. The van der Waals surface area contributed by atoms with Gasteiger partial charge in [0.25, 0.3) is 0 Å². The third-order valence-electron chi connectivity index (χ3n) is 1.88. The van der Waals surface area contributed by atoms with Crippen LogP contribution in [0.15, 0.2) is 39.3 Å². The van der Waals surface area contributed by atoms with Gasteiger partial charge >= 0.3 is 0 Å². The summed E-state index contributed by atoms with van der Waals surface area (Å²) in [6, 6.07) is 6.11. The molecule has 0 fully saturated rings. The van der Waals surface area contributed by atoms with Gasteiger partial charge in [-0.2, -0.15) is 0 Å². The van der Waals surface area contributed by atoms with E-state index in [1.165, 1.54) is 0 Å². The van der Waals surface area contributed by atoms with Gasteiger partial charge in [0.1, 0.15) is 0 Å². The molecule has 1 rings (SSSR count). The van der Waals surface area contributed by atoms with E-state index in [1.54, 1.807) is 0 Å². The number of benzene rings is 1. The molecule has 1 aromatic carbocycles. The Labute approximate surface area is 102 Å². The first-order valence-electron chi connectivity index (χ1n) is 4.35. The van der Waals surface area contributed by atoms with Gasteiger partial charge in [-0.25, -0.2) is 0 Å². The number of nitrogens with two attached hydrogens (primary N) is 1. The molecule has 1 nitrogen and oxygen atoms in total. The minimum atomic E-state index is 0.0290. The Balaban J connectivity index is 2.89. The highest BCUT2D eigenvalue weighted by atomic mass is 79.9. The third kappa shape index (κ3) is 3.56. The highest BCUT2D eigenvalue weighted by molar-refractivity contribution is 9.11. The fraction of sp³-hybridized carbons (Fsp3) is 0.273. The van der Waals surface area contributed by atoms with E-state index in [9.17, 15) is 0 Å². The Morgan fingerprint density at radius 2 is 1.86 bits per heavy atom. The van der Waals surface area contributed by atoms with Crippen molar-refractivity contribution in [3.8, 4) is 0 Å². The van der Waals surface area contributed by atoms with E-state index in [-0.39, 0.29) is 6.04 Å². The summed E-state index contributed by atoms with van der Waals surface area (Å²) >= 11 is 6.88. The third-order valence-corrected chi connectivity index (χ3v) is 2.80. The summed E-state index contributed by atoms with van der Waals surface area (Å²) in [5.41, 5.74) is 8.26. The molecule has 0 heterocycles. The monoisotopic (exact) mass is 317 g/mol. The summed E-state index contributed by atoms with van der Waals surface area (Å²) in [5, 5.41) is 0. The zero-order valence-electron chi connectivity index (χ0n) is 8.06. The summed E-state index contributed by atoms with van der Waals surface area (Å²) in [4.78, 5) is 0. The maximum absolute atomic E-state index is 6.03. The summed E-state index contributed by atoms with van der Waals surface area (Å²) < 4.78 is 2.08. The van der Waals surface area contributed by atoms with Crippen LogP contribution in [0.5, 0.6) is 0 Å². The van der Waals surface area contributed by atoms with Crippen LogP contribution in [-0.4, -0.2) is 0 Å².